The lowest BCUT2D eigenvalue weighted by Crippen LogP contribution is -2.52. The molecular weight excluding hydrogens is 625 g/mol. The molecule has 0 saturated carbocycles. The molecule has 260 valence electrons. The first-order chi connectivity index (χ1) is 22.1. The Balaban J connectivity index is 2.39. The first-order valence-electron chi connectivity index (χ1n) is 17.1. The highest BCUT2D eigenvalue weighted by Gasteiger charge is 2.52. The third-order valence-corrected chi connectivity index (χ3v) is 10.8. The van der Waals surface area contributed by atoms with Crippen molar-refractivity contribution in [2.24, 2.45) is 17.8 Å². The molecule has 0 aromatic heterocycles. The fraction of sp³-hybridized carbons (Fsp3) is 0.590. The van der Waals surface area contributed by atoms with Gasteiger partial charge in [-0.15, -0.1) is 23.5 Å². The maximum absolute atomic E-state index is 15.0. The third-order valence-electron chi connectivity index (χ3n) is 8.83. The van der Waals surface area contributed by atoms with E-state index in [0.29, 0.717) is 53.2 Å². The molecule has 1 aromatic rings. The van der Waals surface area contributed by atoms with Crippen LogP contribution in [0, 0.1) is 17.8 Å². The molecule has 0 fully saturated rings. The number of nitrogens with zero attached hydrogens (tertiary/aromatic N) is 2. The van der Waals surface area contributed by atoms with Crippen molar-refractivity contribution in [2.45, 2.75) is 104 Å². The van der Waals surface area contributed by atoms with Gasteiger partial charge in [0.25, 0.3) is 11.8 Å². The lowest BCUT2D eigenvalue weighted by Gasteiger charge is -2.44. The molecule has 0 aliphatic carbocycles. The highest BCUT2D eigenvalue weighted by Crippen LogP contribution is 2.49. The van der Waals surface area contributed by atoms with Gasteiger partial charge in [-0.1, -0.05) is 58.1 Å². The van der Waals surface area contributed by atoms with Crippen LogP contribution < -0.4 is 0 Å². The van der Waals surface area contributed by atoms with Crippen LogP contribution in [-0.2, 0) is 9.59 Å². The Labute approximate surface area is 292 Å². The Hall–Kier alpha value is -2.26. The summed E-state index contributed by atoms with van der Waals surface area (Å²) in [6.07, 6.45) is 8.73. The molecule has 2 aliphatic rings. The number of allylic oxidation sites excluding steroid dienone is 4. The molecule has 6 nitrogen and oxygen atoms in total. The van der Waals surface area contributed by atoms with Crippen LogP contribution in [0.25, 0.3) is 5.70 Å². The summed E-state index contributed by atoms with van der Waals surface area (Å²) >= 11 is 3.22. The molecular formula is C39H58N2O4S2. The van der Waals surface area contributed by atoms with Gasteiger partial charge in [-0.25, -0.2) is 0 Å². The van der Waals surface area contributed by atoms with E-state index in [9.17, 15) is 19.8 Å². The number of benzene rings is 1. The van der Waals surface area contributed by atoms with Crippen LogP contribution in [0.15, 0.2) is 69.0 Å². The van der Waals surface area contributed by atoms with Crippen LogP contribution in [-0.4, -0.2) is 74.2 Å². The molecule has 1 atom stereocenters. The monoisotopic (exact) mass is 682 g/mol. The van der Waals surface area contributed by atoms with Gasteiger partial charge in [-0.05, 0) is 101 Å². The van der Waals surface area contributed by atoms with Crippen molar-refractivity contribution in [1.82, 2.24) is 9.80 Å². The standard InChI is InChI=1S/C39H58N2O4S2/c1-11-12-29(14-13-28(6)46-21-19-42)32-25-40(38(7,8)23-26(2)3)36(44)34-33(32)37(45)41(39(9,10)24-27(4)5)35(34)30-15-17-31(18-16-30)47-22-20-43/h11-13,15-18,26-27,29,42-43H,14,19-25H2,1-10H3/b12-11-,28-13+. The van der Waals surface area contributed by atoms with Crippen molar-refractivity contribution in [3.05, 3.63) is 69.7 Å². The van der Waals surface area contributed by atoms with Crippen molar-refractivity contribution in [3.8, 4) is 0 Å². The zero-order chi connectivity index (χ0) is 35.1. The second-order valence-corrected chi connectivity index (χ2v) is 17.3. The number of aliphatic hydroxyl groups is 2. The quantitative estimate of drug-likeness (QED) is 0.127. The average Bonchev–Trinajstić information content (AvgIpc) is 3.30. The van der Waals surface area contributed by atoms with Crippen molar-refractivity contribution in [3.63, 3.8) is 0 Å². The van der Waals surface area contributed by atoms with Gasteiger partial charge in [0.05, 0.1) is 30.1 Å². The number of amides is 2. The van der Waals surface area contributed by atoms with Gasteiger partial charge >= 0.3 is 0 Å². The minimum atomic E-state index is -0.542. The van der Waals surface area contributed by atoms with Gasteiger partial charge in [-0.2, -0.15) is 0 Å². The van der Waals surface area contributed by atoms with E-state index < -0.39 is 11.1 Å². The molecule has 3 rings (SSSR count). The second-order valence-electron chi connectivity index (χ2n) is 14.8. The fourth-order valence-electron chi connectivity index (χ4n) is 7.36. The first-order valence-corrected chi connectivity index (χ1v) is 19.1. The number of fused-ring (bicyclic) bond motifs is 1. The maximum atomic E-state index is 15.0. The zero-order valence-electron chi connectivity index (χ0n) is 30.4. The Bertz CT molecular complexity index is 1390. The number of carbonyl (C=O) groups excluding carboxylic acids is 2. The van der Waals surface area contributed by atoms with Crippen LogP contribution in [0.2, 0.25) is 0 Å². The van der Waals surface area contributed by atoms with Gasteiger partial charge in [0.2, 0.25) is 0 Å². The maximum Gasteiger partial charge on any atom is 0.259 e. The second kappa shape index (κ2) is 16.9. The summed E-state index contributed by atoms with van der Waals surface area (Å²) in [7, 11) is 0. The lowest BCUT2D eigenvalue weighted by molar-refractivity contribution is -0.133. The molecule has 2 N–H and O–H groups in total. The van der Waals surface area contributed by atoms with Crippen molar-refractivity contribution in [1.29, 1.82) is 0 Å². The number of hydrogen-bond acceptors (Lipinski definition) is 6. The number of aliphatic hydroxyl groups excluding tert-OH is 2. The Morgan fingerprint density at radius 3 is 2.04 bits per heavy atom. The van der Waals surface area contributed by atoms with Crippen molar-refractivity contribution < 1.29 is 19.8 Å². The van der Waals surface area contributed by atoms with Gasteiger partial charge < -0.3 is 20.0 Å². The van der Waals surface area contributed by atoms with Gasteiger partial charge in [-0.3, -0.25) is 9.59 Å². The topological polar surface area (TPSA) is 81.1 Å². The molecule has 2 heterocycles. The van der Waals surface area contributed by atoms with Crippen LogP contribution >= 0.6 is 23.5 Å². The van der Waals surface area contributed by atoms with Gasteiger partial charge in [0.1, 0.15) is 0 Å². The van der Waals surface area contributed by atoms with E-state index in [-0.39, 0.29) is 30.9 Å². The predicted octanol–water partition coefficient (Wildman–Crippen LogP) is 8.32. The number of hydrogen-bond donors (Lipinski definition) is 2. The average molecular weight is 683 g/mol. The van der Waals surface area contributed by atoms with E-state index in [1.807, 2.05) is 41.0 Å². The summed E-state index contributed by atoms with van der Waals surface area (Å²) in [5.41, 5.74) is 2.65. The van der Waals surface area contributed by atoms with E-state index in [4.69, 9.17) is 0 Å². The van der Waals surface area contributed by atoms with Crippen LogP contribution in [0.4, 0.5) is 0 Å². The summed E-state index contributed by atoms with van der Waals surface area (Å²) < 4.78 is 0. The summed E-state index contributed by atoms with van der Waals surface area (Å²) in [4.78, 5) is 36.0. The van der Waals surface area contributed by atoms with Crippen LogP contribution in [0.5, 0.6) is 0 Å². The van der Waals surface area contributed by atoms with Gasteiger partial charge in [0.15, 0.2) is 0 Å². The van der Waals surface area contributed by atoms with E-state index in [0.717, 1.165) is 33.8 Å². The Morgan fingerprint density at radius 2 is 1.49 bits per heavy atom. The zero-order valence-corrected chi connectivity index (χ0v) is 32.0. The molecule has 0 radical (unpaired) electrons. The highest BCUT2D eigenvalue weighted by atomic mass is 32.2. The molecule has 8 heteroatoms. The van der Waals surface area contributed by atoms with E-state index >= 15 is 0 Å². The molecule has 0 spiro atoms. The van der Waals surface area contributed by atoms with E-state index in [1.165, 1.54) is 0 Å². The molecule has 2 aliphatic heterocycles. The van der Waals surface area contributed by atoms with Gasteiger partial charge in [0, 0.05) is 39.9 Å². The highest BCUT2D eigenvalue weighted by molar-refractivity contribution is 8.03. The number of thioether (sulfide) groups is 2. The third kappa shape index (κ3) is 9.46. The molecule has 2 amide bonds. The van der Waals surface area contributed by atoms with Crippen LogP contribution in [0.1, 0.15) is 94.1 Å². The minimum absolute atomic E-state index is 0.0734. The summed E-state index contributed by atoms with van der Waals surface area (Å²) in [5, 5.41) is 18.7. The lowest BCUT2D eigenvalue weighted by atomic mass is 9.81. The Kier molecular flexibility index (Phi) is 14.1. The van der Waals surface area contributed by atoms with Crippen molar-refractivity contribution in [2.75, 3.05) is 31.3 Å². The molecule has 0 saturated heterocycles. The SMILES string of the molecule is C/C=C\C(C/C=C(\C)SCCO)C1=C2C(=O)N(C(C)(C)CC(C)C)C(c3ccc(SCCO)cc3)=C2C(=O)N(C(C)(C)CC(C)C)C1. The van der Waals surface area contributed by atoms with Crippen molar-refractivity contribution >= 4 is 41.0 Å². The molecule has 1 unspecified atom stereocenters. The largest absolute Gasteiger partial charge is 0.396 e. The summed E-state index contributed by atoms with van der Waals surface area (Å²) in [6, 6.07) is 8.10. The number of rotatable bonds is 17. The van der Waals surface area contributed by atoms with E-state index in [1.54, 1.807) is 23.5 Å². The van der Waals surface area contributed by atoms with Crippen LogP contribution in [0.3, 0.4) is 0 Å². The normalized spacial score (nSPS) is 17.4. The smallest absolute Gasteiger partial charge is 0.259 e. The molecule has 47 heavy (non-hydrogen) atoms. The fourth-order valence-corrected chi connectivity index (χ4v) is 8.64. The summed E-state index contributed by atoms with van der Waals surface area (Å²) in [6.45, 7) is 22.0. The molecule has 1 aromatic carbocycles. The van der Waals surface area contributed by atoms with E-state index in [2.05, 4.69) is 80.5 Å². The summed E-state index contributed by atoms with van der Waals surface area (Å²) in [5.74, 6) is 1.73. The minimum Gasteiger partial charge on any atom is -0.396 e. The predicted molar refractivity (Wildman–Crippen MR) is 200 cm³/mol. The first kappa shape index (κ1) is 39.2. The number of carbonyl (C=O) groups is 2. The molecule has 0 bridgehead atoms. The Morgan fingerprint density at radius 1 is 0.894 bits per heavy atom.